The van der Waals surface area contributed by atoms with E-state index in [-0.39, 0.29) is 11.7 Å². The third-order valence-corrected chi connectivity index (χ3v) is 3.07. The Kier molecular flexibility index (Phi) is 4.18. The predicted molar refractivity (Wildman–Crippen MR) is 75.1 cm³/mol. The Balaban J connectivity index is 2.02. The van der Waals surface area contributed by atoms with Gasteiger partial charge in [0.05, 0.1) is 0 Å². The van der Waals surface area contributed by atoms with E-state index in [4.69, 9.17) is 0 Å². The molecule has 0 heterocycles. The van der Waals surface area contributed by atoms with Crippen molar-refractivity contribution in [3.05, 3.63) is 65.2 Å². The number of rotatable bonds is 4. The molecular formula is C16H17NO2. The molecule has 0 saturated heterocycles. The molecule has 2 aromatic rings. The molecule has 0 spiro atoms. The normalized spacial score (nSPS) is 10.2. The van der Waals surface area contributed by atoms with Gasteiger partial charge < -0.3 is 10.4 Å². The second-order valence-corrected chi connectivity index (χ2v) is 4.35. The summed E-state index contributed by atoms with van der Waals surface area (Å²) in [5, 5.41) is 12.1. The van der Waals surface area contributed by atoms with Gasteiger partial charge in [-0.05, 0) is 41.8 Å². The smallest absolute Gasteiger partial charge is 0.251 e. The highest BCUT2D eigenvalue weighted by Crippen LogP contribution is 2.11. The zero-order chi connectivity index (χ0) is 13.7. The fourth-order valence-electron chi connectivity index (χ4n) is 1.97. The quantitative estimate of drug-likeness (QED) is 0.882. The van der Waals surface area contributed by atoms with E-state index in [1.165, 1.54) is 17.7 Å². The van der Waals surface area contributed by atoms with Crippen LogP contribution in [0.25, 0.3) is 0 Å². The Hall–Kier alpha value is -2.29. The van der Waals surface area contributed by atoms with Gasteiger partial charge in [0.15, 0.2) is 0 Å². The highest BCUT2D eigenvalue weighted by molar-refractivity contribution is 5.94. The van der Waals surface area contributed by atoms with Crippen molar-refractivity contribution in [2.45, 2.75) is 19.9 Å². The number of phenolic OH excluding ortho intramolecular Hbond substituents is 1. The first-order chi connectivity index (χ1) is 9.20. The standard InChI is InChI=1S/C16H17NO2/c1-2-12-5-3-4-6-14(12)11-17-16(19)13-7-9-15(18)10-8-13/h3-10,18H,2,11H2,1H3,(H,17,19). The van der Waals surface area contributed by atoms with Gasteiger partial charge in [0, 0.05) is 12.1 Å². The molecule has 0 atom stereocenters. The Morgan fingerprint density at radius 3 is 2.32 bits per heavy atom. The first-order valence-corrected chi connectivity index (χ1v) is 6.34. The van der Waals surface area contributed by atoms with Gasteiger partial charge in [0.1, 0.15) is 5.75 Å². The summed E-state index contributed by atoms with van der Waals surface area (Å²) in [6.07, 6.45) is 0.950. The van der Waals surface area contributed by atoms with Crippen LogP contribution < -0.4 is 5.32 Å². The van der Waals surface area contributed by atoms with E-state index >= 15 is 0 Å². The second-order valence-electron chi connectivity index (χ2n) is 4.35. The van der Waals surface area contributed by atoms with Crippen LogP contribution in [0.15, 0.2) is 48.5 Å². The molecule has 0 unspecified atom stereocenters. The molecule has 1 amide bonds. The summed E-state index contributed by atoms with van der Waals surface area (Å²) in [7, 11) is 0. The van der Waals surface area contributed by atoms with E-state index in [0.717, 1.165) is 12.0 Å². The number of aromatic hydroxyl groups is 1. The third kappa shape index (κ3) is 3.35. The van der Waals surface area contributed by atoms with Gasteiger partial charge in [-0.2, -0.15) is 0 Å². The molecule has 0 aliphatic rings. The maximum atomic E-state index is 11.9. The molecule has 0 fully saturated rings. The molecule has 0 aliphatic heterocycles. The number of hydrogen-bond acceptors (Lipinski definition) is 2. The van der Waals surface area contributed by atoms with Gasteiger partial charge in [-0.3, -0.25) is 4.79 Å². The highest BCUT2D eigenvalue weighted by Gasteiger charge is 2.06. The van der Waals surface area contributed by atoms with Crippen LogP contribution in [0.4, 0.5) is 0 Å². The monoisotopic (exact) mass is 255 g/mol. The number of benzene rings is 2. The highest BCUT2D eigenvalue weighted by atomic mass is 16.3. The van der Waals surface area contributed by atoms with E-state index in [2.05, 4.69) is 18.3 Å². The predicted octanol–water partition coefficient (Wildman–Crippen LogP) is 2.88. The van der Waals surface area contributed by atoms with E-state index in [1.54, 1.807) is 12.1 Å². The molecule has 2 N–H and O–H groups in total. The van der Waals surface area contributed by atoms with E-state index in [1.807, 2.05) is 18.2 Å². The molecule has 2 aromatic carbocycles. The molecule has 3 nitrogen and oxygen atoms in total. The van der Waals surface area contributed by atoms with Crippen molar-refractivity contribution in [3.63, 3.8) is 0 Å². The lowest BCUT2D eigenvalue weighted by atomic mass is 10.1. The average molecular weight is 255 g/mol. The summed E-state index contributed by atoms with van der Waals surface area (Å²) in [5.74, 6) is 0.0267. The fraction of sp³-hybridized carbons (Fsp3) is 0.188. The molecule has 2 rings (SSSR count). The minimum Gasteiger partial charge on any atom is -0.508 e. The molecule has 0 aliphatic carbocycles. The summed E-state index contributed by atoms with van der Waals surface area (Å²) in [4.78, 5) is 11.9. The van der Waals surface area contributed by atoms with Crippen LogP contribution in [0.5, 0.6) is 5.75 Å². The Morgan fingerprint density at radius 1 is 1.05 bits per heavy atom. The van der Waals surface area contributed by atoms with Crippen LogP contribution in [-0.2, 0) is 13.0 Å². The summed E-state index contributed by atoms with van der Waals surface area (Å²) in [5.41, 5.74) is 2.93. The Morgan fingerprint density at radius 2 is 1.68 bits per heavy atom. The van der Waals surface area contributed by atoms with Crippen molar-refractivity contribution in [2.24, 2.45) is 0 Å². The van der Waals surface area contributed by atoms with Crippen LogP contribution >= 0.6 is 0 Å². The minimum absolute atomic E-state index is 0.133. The molecule has 3 heteroatoms. The molecule has 0 saturated carbocycles. The zero-order valence-electron chi connectivity index (χ0n) is 10.9. The van der Waals surface area contributed by atoms with Gasteiger partial charge in [-0.15, -0.1) is 0 Å². The number of aryl methyl sites for hydroxylation is 1. The minimum atomic E-state index is -0.133. The van der Waals surface area contributed by atoms with Gasteiger partial charge in [-0.1, -0.05) is 31.2 Å². The van der Waals surface area contributed by atoms with E-state index < -0.39 is 0 Å². The Labute approximate surface area is 112 Å². The molecule has 98 valence electrons. The van der Waals surface area contributed by atoms with Crippen molar-refractivity contribution in [1.82, 2.24) is 5.32 Å². The van der Waals surface area contributed by atoms with Crippen molar-refractivity contribution in [3.8, 4) is 5.75 Å². The van der Waals surface area contributed by atoms with Crippen LogP contribution in [0.1, 0.15) is 28.4 Å². The topological polar surface area (TPSA) is 49.3 Å². The van der Waals surface area contributed by atoms with Crippen molar-refractivity contribution < 1.29 is 9.90 Å². The summed E-state index contributed by atoms with van der Waals surface area (Å²) in [6.45, 7) is 2.62. The number of phenols is 1. The molecular weight excluding hydrogens is 238 g/mol. The van der Waals surface area contributed by atoms with Crippen molar-refractivity contribution in [1.29, 1.82) is 0 Å². The van der Waals surface area contributed by atoms with Gasteiger partial charge in [0.2, 0.25) is 0 Å². The van der Waals surface area contributed by atoms with E-state index in [9.17, 15) is 9.90 Å². The van der Waals surface area contributed by atoms with Crippen LogP contribution in [-0.4, -0.2) is 11.0 Å². The largest absolute Gasteiger partial charge is 0.508 e. The van der Waals surface area contributed by atoms with Crippen molar-refractivity contribution >= 4 is 5.91 Å². The first-order valence-electron chi connectivity index (χ1n) is 6.34. The molecule has 19 heavy (non-hydrogen) atoms. The summed E-state index contributed by atoms with van der Waals surface area (Å²) < 4.78 is 0. The third-order valence-electron chi connectivity index (χ3n) is 3.07. The van der Waals surface area contributed by atoms with Crippen LogP contribution in [0.3, 0.4) is 0 Å². The average Bonchev–Trinajstić information content (AvgIpc) is 2.45. The van der Waals surface area contributed by atoms with Crippen molar-refractivity contribution in [2.75, 3.05) is 0 Å². The maximum absolute atomic E-state index is 11.9. The number of hydrogen-bond donors (Lipinski definition) is 2. The van der Waals surface area contributed by atoms with E-state index in [0.29, 0.717) is 12.1 Å². The van der Waals surface area contributed by atoms with Crippen LogP contribution in [0, 0.1) is 0 Å². The molecule has 0 bridgehead atoms. The summed E-state index contributed by atoms with van der Waals surface area (Å²) >= 11 is 0. The Bertz CT molecular complexity index is 561. The first kappa shape index (κ1) is 13.1. The number of amides is 1. The molecule has 0 radical (unpaired) electrons. The lowest BCUT2D eigenvalue weighted by Gasteiger charge is -2.09. The second kappa shape index (κ2) is 6.05. The van der Waals surface area contributed by atoms with Crippen LogP contribution in [0.2, 0.25) is 0 Å². The van der Waals surface area contributed by atoms with Gasteiger partial charge in [0.25, 0.3) is 5.91 Å². The van der Waals surface area contributed by atoms with Gasteiger partial charge in [-0.25, -0.2) is 0 Å². The number of nitrogens with one attached hydrogen (secondary N) is 1. The summed E-state index contributed by atoms with van der Waals surface area (Å²) in [6, 6.07) is 14.3. The fourth-order valence-corrected chi connectivity index (χ4v) is 1.97. The maximum Gasteiger partial charge on any atom is 0.251 e. The lowest BCUT2D eigenvalue weighted by Crippen LogP contribution is -2.23. The SMILES string of the molecule is CCc1ccccc1CNC(=O)c1ccc(O)cc1. The number of carbonyl (C=O) groups is 1. The zero-order valence-corrected chi connectivity index (χ0v) is 10.9. The molecule has 0 aromatic heterocycles. The lowest BCUT2D eigenvalue weighted by molar-refractivity contribution is 0.0951. The van der Waals surface area contributed by atoms with Gasteiger partial charge >= 0.3 is 0 Å². The number of carbonyl (C=O) groups excluding carboxylic acids is 1.